The number of carbonyl (C=O) groups is 2. The number of nitrogens with one attached hydrogen (secondary N) is 1. The number of ether oxygens (including phenoxy) is 1. The molecule has 2 aromatic rings. The number of aromatic amines is 1. The highest BCUT2D eigenvalue weighted by Crippen LogP contribution is 2.16. The average molecular weight is 287 g/mol. The van der Waals surface area contributed by atoms with E-state index in [-0.39, 0.29) is 13.0 Å². The summed E-state index contributed by atoms with van der Waals surface area (Å²) in [5.41, 5.74) is 2.87. The van der Waals surface area contributed by atoms with Gasteiger partial charge in [-0.3, -0.25) is 4.79 Å². The van der Waals surface area contributed by atoms with E-state index in [2.05, 4.69) is 4.98 Å². The molecule has 0 aliphatic rings. The lowest BCUT2D eigenvalue weighted by Gasteiger charge is -2.05. The van der Waals surface area contributed by atoms with Gasteiger partial charge < -0.3 is 14.8 Å². The molecule has 1 aromatic heterocycles. The van der Waals surface area contributed by atoms with Gasteiger partial charge in [0.25, 0.3) is 0 Å². The van der Waals surface area contributed by atoms with Crippen molar-refractivity contribution in [3.05, 3.63) is 58.9 Å². The van der Waals surface area contributed by atoms with Crippen LogP contribution in [0.2, 0.25) is 0 Å². The van der Waals surface area contributed by atoms with E-state index >= 15 is 0 Å². The molecule has 0 saturated heterocycles. The third-order valence-electron chi connectivity index (χ3n) is 3.27. The number of carbonyl (C=O) groups excluding carboxylic acids is 1. The second kappa shape index (κ2) is 6.74. The molecule has 5 nitrogen and oxygen atoms in total. The predicted molar refractivity (Wildman–Crippen MR) is 77.0 cm³/mol. The lowest BCUT2D eigenvalue weighted by atomic mass is 10.1. The highest BCUT2D eigenvalue weighted by atomic mass is 16.5. The van der Waals surface area contributed by atoms with Gasteiger partial charge in [-0.05, 0) is 30.0 Å². The second-order valence-corrected chi connectivity index (χ2v) is 4.77. The summed E-state index contributed by atoms with van der Waals surface area (Å²) >= 11 is 0. The number of H-pyrrole nitrogens is 1. The molecule has 0 saturated carbocycles. The Labute approximate surface area is 122 Å². The molecule has 5 heteroatoms. The predicted octanol–water partition coefficient (Wildman–Crippen LogP) is 2.70. The summed E-state index contributed by atoms with van der Waals surface area (Å²) in [5, 5.41) is 8.69. The van der Waals surface area contributed by atoms with E-state index in [0.717, 1.165) is 16.7 Å². The van der Waals surface area contributed by atoms with E-state index in [1.165, 1.54) is 0 Å². The molecule has 110 valence electrons. The van der Waals surface area contributed by atoms with Gasteiger partial charge in [-0.1, -0.05) is 30.3 Å². The first-order valence-electron chi connectivity index (χ1n) is 6.67. The van der Waals surface area contributed by atoms with Crippen molar-refractivity contribution in [2.24, 2.45) is 0 Å². The molecule has 1 heterocycles. The number of hydrogen-bond donors (Lipinski definition) is 2. The number of hydrogen-bond acceptors (Lipinski definition) is 3. The minimum Gasteiger partial charge on any atom is -0.481 e. The summed E-state index contributed by atoms with van der Waals surface area (Å²) in [6.07, 6.45) is 2.10. The maximum Gasteiger partial charge on any atom is 0.355 e. The minimum absolute atomic E-state index is 0.0389. The highest BCUT2D eigenvalue weighted by molar-refractivity contribution is 5.89. The molecule has 0 amide bonds. The van der Waals surface area contributed by atoms with Crippen molar-refractivity contribution < 1.29 is 19.4 Å². The Kier molecular flexibility index (Phi) is 4.77. The van der Waals surface area contributed by atoms with Crippen LogP contribution in [0, 0.1) is 6.92 Å². The number of esters is 1. The Morgan fingerprint density at radius 3 is 2.62 bits per heavy atom. The second-order valence-electron chi connectivity index (χ2n) is 4.77. The van der Waals surface area contributed by atoms with Crippen LogP contribution in [0.15, 0.2) is 36.5 Å². The summed E-state index contributed by atoms with van der Waals surface area (Å²) < 4.78 is 5.25. The molecule has 0 spiro atoms. The summed E-state index contributed by atoms with van der Waals surface area (Å²) in [6, 6.07) is 9.43. The molecule has 0 fully saturated rings. The zero-order valence-electron chi connectivity index (χ0n) is 11.8. The average Bonchev–Trinajstić information content (AvgIpc) is 2.85. The molecule has 0 radical (unpaired) electrons. The van der Waals surface area contributed by atoms with Gasteiger partial charge in [0.1, 0.15) is 12.3 Å². The Balaban J connectivity index is 1.98. The van der Waals surface area contributed by atoms with E-state index in [9.17, 15) is 9.59 Å². The lowest BCUT2D eigenvalue weighted by molar-refractivity contribution is -0.136. The van der Waals surface area contributed by atoms with E-state index in [0.29, 0.717) is 12.1 Å². The van der Waals surface area contributed by atoms with E-state index in [1.807, 2.05) is 30.3 Å². The zero-order chi connectivity index (χ0) is 15.2. The van der Waals surface area contributed by atoms with Crippen LogP contribution in [0.3, 0.4) is 0 Å². The molecule has 0 bridgehead atoms. The Bertz CT molecular complexity index is 631. The third kappa shape index (κ3) is 3.95. The number of aromatic nitrogens is 1. The van der Waals surface area contributed by atoms with E-state index in [1.54, 1.807) is 13.1 Å². The fourth-order valence-corrected chi connectivity index (χ4v) is 2.04. The number of aryl methyl sites for hydroxylation is 1. The van der Waals surface area contributed by atoms with Crippen molar-refractivity contribution in [1.29, 1.82) is 0 Å². The summed E-state index contributed by atoms with van der Waals surface area (Å²) in [6.45, 7) is 2.00. The normalized spacial score (nSPS) is 10.3. The Morgan fingerprint density at radius 2 is 1.95 bits per heavy atom. The SMILES string of the molecule is Cc1c(CCC(=O)O)c[nH]c1C(=O)OCc1ccccc1. The maximum atomic E-state index is 12.0. The van der Waals surface area contributed by atoms with Gasteiger partial charge >= 0.3 is 11.9 Å². The number of aliphatic carboxylic acids is 1. The van der Waals surface area contributed by atoms with Gasteiger partial charge in [-0.25, -0.2) is 4.79 Å². The van der Waals surface area contributed by atoms with Crippen LogP contribution in [0.1, 0.15) is 33.6 Å². The molecule has 0 aliphatic heterocycles. The molecule has 0 unspecified atom stereocenters. The van der Waals surface area contributed by atoms with Crippen molar-refractivity contribution >= 4 is 11.9 Å². The van der Waals surface area contributed by atoms with Gasteiger partial charge in [0.15, 0.2) is 0 Å². The van der Waals surface area contributed by atoms with Crippen molar-refractivity contribution in [3.63, 3.8) is 0 Å². The van der Waals surface area contributed by atoms with Crippen molar-refractivity contribution in [1.82, 2.24) is 4.98 Å². The van der Waals surface area contributed by atoms with Crippen LogP contribution in [0.25, 0.3) is 0 Å². The first-order valence-corrected chi connectivity index (χ1v) is 6.67. The summed E-state index contributed by atoms with van der Waals surface area (Å²) in [5.74, 6) is -1.29. The topological polar surface area (TPSA) is 79.4 Å². The fraction of sp³-hybridized carbons (Fsp3) is 0.250. The number of rotatable bonds is 6. The standard InChI is InChI=1S/C16H17NO4/c1-11-13(7-8-14(18)19)9-17-15(11)16(20)21-10-12-5-3-2-4-6-12/h2-6,9,17H,7-8,10H2,1H3,(H,18,19). The molecule has 2 rings (SSSR count). The third-order valence-corrected chi connectivity index (χ3v) is 3.27. The smallest absolute Gasteiger partial charge is 0.355 e. The number of benzene rings is 1. The maximum absolute atomic E-state index is 12.0. The van der Waals surface area contributed by atoms with Crippen molar-refractivity contribution in [2.45, 2.75) is 26.4 Å². The van der Waals surface area contributed by atoms with Gasteiger partial charge in [0, 0.05) is 12.6 Å². The molecule has 1 aromatic carbocycles. The molecule has 2 N–H and O–H groups in total. The van der Waals surface area contributed by atoms with Crippen LogP contribution in [0.5, 0.6) is 0 Å². The van der Waals surface area contributed by atoms with Gasteiger partial charge in [-0.15, -0.1) is 0 Å². The number of carboxylic acid groups (broad SMARTS) is 1. The molecular formula is C16H17NO4. The van der Waals surface area contributed by atoms with Gasteiger partial charge in [-0.2, -0.15) is 0 Å². The van der Waals surface area contributed by atoms with Crippen LogP contribution < -0.4 is 0 Å². The van der Waals surface area contributed by atoms with Crippen molar-refractivity contribution in [3.8, 4) is 0 Å². The fourth-order valence-electron chi connectivity index (χ4n) is 2.04. The molecule has 0 atom stereocenters. The van der Waals surface area contributed by atoms with E-state index < -0.39 is 11.9 Å². The minimum atomic E-state index is -0.858. The molecular weight excluding hydrogens is 270 g/mol. The quantitative estimate of drug-likeness (QED) is 0.801. The van der Waals surface area contributed by atoms with Crippen LogP contribution in [-0.2, 0) is 22.6 Å². The zero-order valence-corrected chi connectivity index (χ0v) is 11.8. The number of carboxylic acids is 1. The Morgan fingerprint density at radius 1 is 1.24 bits per heavy atom. The highest BCUT2D eigenvalue weighted by Gasteiger charge is 2.16. The van der Waals surface area contributed by atoms with Crippen LogP contribution in [-0.4, -0.2) is 22.0 Å². The van der Waals surface area contributed by atoms with Crippen LogP contribution >= 0.6 is 0 Å². The summed E-state index contributed by atoms with van der Waals surface area (Å²) in [7, 11) is 0. The van der Waals surface area contributed by atoms with Crippen LogP contribution in [0.4, 0.5) is 0 Å². The lowest BCUT2D eigenvalue weighted by Crippen LogP contribution is -2.07. The molecule has 21 heavy (non-hydrogen) atoms. The monoisotopic (exact) mass is 287 g/mol. The molecule has 0 aliphatic carbocycles. The summed E-state index contributed by atoms with van der Waals surface area (Å²) in [4.78, 5) is 25.5. The largest absolute Gasteiger partial charge is 0.481 e. The first-order chi connectivity index (χ1) is 10.1. The van der Waals surface area contributed by atoms with Crippen molar-refractivity contribution in [2.75, 3.05) is 0 Å². The van der Waals surface area contributed by atoms with Gasteiger partial charge in [0.2, 0.25) is 0 Å². The van der Waals surface area contributed by atoms with Gasteiger partial charge in [0.05, 0.1) is 0 Å². The van der Waals surface area contributed by atoms with E-state index in [4.69, 9.17) is 9.84 Å². The first kappa shape index (κ1) is 14.8. The Hall–Kier alpha value is -2.56.